The van der Waals surface area contributed by atoms with Gasteiger partial charge in [-0.2, -0.15) is 0 Å². The Hall–Kier alpha value is -2.15. The zero-order valence-corrected chi connectivity index (χ0v) is 16.3. The molecule has 1 heterocycles. The Morgan fingerprint density at radius 2 is 1.96 bits per heavy atom. The van der Waals surface area contributed by atoms with Crippen molar-refractivity contribution < 1.29 is 19.5 Å². The molecule has 0 fully saturated rings. The minimum Gasteiger partial charge on any atom is -0.481 e. The third-order valence-electron chi connectivity index (χ3n) is 5.63. The minimum atomic E-state index is -0.970. The highest BCUT2D eigenvalue weighted by atomic mass is 32.1. The van der Waals surface area contributed by atoms with Gasteiger partial charge >= 0.3 is 5.97 Å². The van der Waals surface area contributed by atoms with Crippen LogP contribution in [0.3, 0.4) is 0 Å². The normalized spacial score (nSPS) is 24.3. The molecule has 0 bridgehead atoms. The number of carboxylic acids is 1. The molecule has 6 nitrogen and oxygen atoms in total. The van der Waals surface area contributed by atoms with E-state index < -0.39 is 23.7 Å². The predicted octanol–water partition coefficient (Wildman–Crippen LogP) is 3.36. The van der Waals surface area contributed by atoms with Gasteiger partial charge in [0.05, 0.1) is 17.4 Å². The van der Waals surface area contributed by atoms with Crippen LogP contribution in [-0.2, 0) is 22.4 Å². The molecular weight excluding hydrogens is 364 g/mol. The van der Waals surface area contributed by atoms with Crippen LogP contribution in [0, 0.1) is 17.8 Å². The Bertz CT molecular complexity index is 783. The van der Waals surface area contributed by atoms with Gasteiger partial charge in [-0.3, -0.25) is 14.4 Å². The minimum absolute atomic E-state index is 0.343. The molecule has 146 valence electrons. The van der Waals surface area contributed by atoms with Gasteiger partial charge in [0.25, 0.3) is 5.91 Å². The van der Waals surface area contributed by atoms with Crippen LogP contribution in [0.15, 0.2) is 12.2 Å². The highest BCUT2D eigenvalue weighted by Gasteiger charge is 2.35. The van der Waals surface area contributed by atoms with Crippen LogP contribution in [0.25, 0.3) is 0 Å². The van der Waals surface area contributed by atoms with Crippen molar-refractivity contribution in [2.45, 2.75) is 51.9 Å². The number of nitrogens with two attached hydrogens (primary N) is 1. The highest BCUT2D eigenvalue weighted by Crippen LogP contribution is 2.41. The summed E-state index contributed by atoms with van der Waals surface area (Å²) in [6.45, 7) is 2.17. The van der Waals surface area contributed by atoms with E-state index >= 15 is 0 Å². The number of anilines is 1. The van der Waals surface area contributed by atoms with Crippen molar-refractivity contribution in [2.24, 2.45) is 23.5 Å². The number of carbonyl (C=O) groups excluding carboxylic acids is 2. The lowest BCUT2D eigenvalue weighted by Crippen LogP contribution is -2.35. The van der Waals surface area contributed by atoms with Crippen molar-refractivity contribution in [3.63, 3.8) is 0 Å². The van der Waals surface area contributed by atoms with Gasteiger partial charge < -0.3 is 16.2 Å². The monoisotopic (exact) mass is 390 g/mol. The number of rotatable bonds is 6. The number of fused-ring (bicyclic) bond motifs is 1. The molecule has 0 spiro atoms. The summed E-state index contributed by atoms with van der Waals surface area (Å²) in [6.07, 6.45) is 9.39. The number of carbonyl (C=O) groups is 3. The second-order valence-electron chi connectivity index (χ2n) is 7.45. The van der Waals surface area contributed by atoms with Crippen molar-refractivity contribution in [1.29, 1.82) is 0 Å². The Morgan fingerprint density at radius 1 is 1.26 bits per heavy atom. The van der Waals surface area contributed by atoms with Gasteiger partial charge in [0.15, 0.2) is 0 Å². The summed E-state index contributed by atoms with van der Waals surface area (Å²) in [7, 11) is 0. The van der Waals surface area contributed by atoms with Gasteiger partial charge in [-0.05, 0) is 43.6 Å². The molecule has 0 saturated heterocycles. The van der Waals surface area contributed by atoms with E-state index in [2.05, 4.69) is 12.2 Å². The number of thiophene rings is 1. The first-order chi connectivity index (χ1) is 12.9. The van der Waals surface area contributed by atoms with E-state index in [4.69, 9.17) is 5.73 Å². The van der Waals surface area contributed by atoms with Crippen LogP contribution in [0.2, 0.25) is 0 Å². The average Bonchev–Trinajstić information content (AvgIpc) is 2.99. The molecule has 0 aromatic carbocycles. The number of primary amides is 1. The van der Waals surface area contributed by atoms with Crippen LogP contribution in [0.5, 0.6) is 0 Å². The van der Waals surface area contributed by atoms with Crippen LogP contribution in [-0.4, -0.2) is 22.9 Å². The van der Waals surface area contributed by atoms with E-state index in [0.29, 0.717) is 29.3 Å². The smallest absolute Gasteiger partial charge is 0.307 e. The first kappa shape index (κ1) is 19.6. The third kappa shape index (κ3) is 4.08. The number of amides is 2. The van der Waals surface area contributed by atoms with Crippen molar-refractivity contribution in [3.8, 4) is 0 Å². The molecule has 0 unspecified atom stereocenters. The molecule has 0 aliphatic heterocycles. The maximum Gasteiger partial charge on any atom is 0.307 e. The number of nitrogens with one attached hydrogen (secondary N) is 1. The Labute approximate surface area is 162 Å². The number of aliphatic carboxylic acids is 1. The molecule has 2 aliphatic carbocycles. The molecule has 0 saturated carbocycles. The van der Waals surface area contributed by atoms with E-state index in [1.165, 1.54) is 11.3 Å². The average molecular weight is 391 g/mol. The summed E-state index contributed by atoms with van der Waals surface area (Å²) in [5.41, 5.74) is 7.00. The summed E-state index contributed by atoms with van der Waals surface area (Å²) in [5.74, 6) is -2.63. The largest absolute Gasteiger partial charge is 0.481 e. The Kier molecular flexibility index (Phi) is 5.99. The van der Waals surface area contributed by atoms with Gasteiger partial charge in [-0.1, -0.05) is 31.9 Å². The molecular formula is C20H26N2O4S. The lowest BCUT2D eigenvalue weighted by molar-refractivity contribution is -0.146. The molecule has 2 aliphatic rings. The van der Waals surface area contributed by atoms with Gasteiger partial charge in [0, 0.05) is 4.88 Å². The van der Waals surface area contributed by atoms with Gasteiger partial charge in [0.2, 0.25) is 5.91 Å². The standard InChI is InChI=1S/C20H26N2O4S/c1-2-5-11-8-9-14-15(10-11)27-19(16(14)17(21)23)22-18(24)12-6-3-4-7-13(12)20(25)26/h3-4,11-13H,2,5-10H2,1H3,(H2,21,23)(H,22,24)(H,25,26)/t11-,12+,13+/m1/s1. The maximum absolute atomic E-state index is 12.8. The molecule has 3 rings (SSSR count). The summed E-state index contributed by atoms with van der Waals surface area (Å²) >= 11 is 1.42. The first-order valence-corrected chi connectivity index (χ1v) is 10.4. The highest BCUT2D eigenvalue weighted by molar-refractivity contribution is 7.17. The second kappa shape index (κ2) is 8.25. The molecule has 3 atom stereocenters. The topological polar surface area (TPSA) is 109 Å². The zero-order chi connectivity index (χ0) is 19.6. The van der Waals surface area contributed by atoms with E-state index in [0.717, 1.165) is 42.5 Å². The quantitative estimate of drug-likeness (QED) is 0.647. The number of carboxylic acid groups (broad SMARTS) is 1. The van der Waals surface area contributed by atoms with Crippen molar-refractivity contribution >= 4 is 34.1 Å². The van der Waals surface area contributed by atoms with Crippen LogP contribution < -0.4 is 11.1 Å². The fourth-order valence-corrected chi connectivity index (χ4v) is 5.61. The Balaban J connectivity index is 1.84. The number of hydrogen-bond donors (Lipinski definition) is 3. The summed E-state index contributed by atoms with van der Waals surface area (Å²) in [6, 6.07) is 0. The maximum atomic E-state index is 12.8. The molecule has 1 aromatic heterocycles. The van der Waals surface area contributed by atoms with E-state index in [1.54, 1.807) is 6.08 Å². The van der Waals surface area contributed by atoms with Crippen molar-refractivity contribution in [3.05, 3.63) is 28.2 Å². The van der Waals surface area contributed by atoms with Crippen LogP contribution in [0.4, 0.5) is 5.00 Å². The van der Waals surface area contributed by atoms with Gasteiger partial charge in [-0.15, -0.1) is 11.3 Å². The lowest BCUT2D eigenvalue weighted by Gasteiger charge is -2.24. The van der Waals surface area contributed by atoms with Crippen LogP contribution in [0.1, 0.15) is 59.8 Å². The first-order valence-electron chi connectivity index (χ1n) is 9.55. The van der Waals surface area contributed by atoms with Gasteiger partial charge in [0.1, 0.15) is 5.00 Å². The summed E-state index contributed by atoms with van der Waals surface area (Å²) in [5, 5.41) is 12.7. The fourth-order valence-electron chi connectivity index (χ4n) is 4.24. The third-order valence-corrected chi connectivity index (χ3v) is 6.80. The molecule has 7 heteroatoms. The van der Waals surface area contributed by atoms with E-state index in [9.17, 15) is 19.5 Å². The molecule has 0 radical (unpaired) electrons. The molecule has 27 heavy (non-hydrogen) atoms. The van der Waals surface area contributed by atoms with E-state index in [1.807, 2.05) is 6.08 Å². The molecule has 1 aromatic rings. The molecule has 2 amide bonds. The SMILES string of the molecule is CCC[C@@H]1CCc2c(sc(NC(=O)[C@H]3CC=CC[C@@H]3C(=O)O)c2C(N)=O)C1. The van der Waals surface area contributed by atoms with E-state index in [-0.39, 0.29) is 5.91 Å². The Morgan fingerprint density at radius 3 is 2.59 bits per heavy atom. The lowest BCUT2D eigenvalue weighted by atomic mass is 9.82. The second-order valence-corrected chi connectivity index (χ2v) is 8.56. The van der Waals surface area contributed by atoms with Crippen LogP contribution >= 0.6 is 11.3 Å². The zero-order valence-electron chi connectivity index (χ0n) is 15.5. The summed E-state index contributed by atoms with van der Waals surface area (Å²) in [4.78, 5) is 37.4. The molecule has 4 N–H and O–H groups in total. The predicted molar refractivity (Wildman–Crippen MR) is 105 cm³/mol. The fraction of sp³-hybridized carbons (Fsp3) is 0.550. The number of hydrogen-bond acceptors (Lipinski definition) is 4. The van der Waals surface area contributed by atoms with Gasteiger partial charge in [-0.25, -0.2) is 0 Å². The van der Waals surface area contributed by atoms with Crippen molar-refractivity contribution in [1.82, 2.24) is 0 Å². The summed E-state index contributed by atoms with van der Waals surface area (Å²) < 4.78 is 0. The number of allylic oxidation sites excluding steroid dienone is 2. The van der Waals surface area contributed by atoms with Crippen molar-refractivity contribution in [2.75, 3.05) is 5.32 Å².